The zero-order valence-corrected chi connectivity index (χ0v) is 53.2. The Bertz CT molecular complexity index is 1780. The minimum atomic E-state index is -0.804. The number of rotatable bonds is 60. The van der Waals surface area contributed by atoms with Gasteiger partial charge in [-0.25, -0.2) is 0 Å². The number of hydrogen-bond donors (Lipinski definition) is 0. The van der Waals surface area contributed by atoms with Gasteiger partial charge in [0.1, 0.15) is 13.2 Å². The van der Waals surface area contributed by atoms with Gasteiger partial charge >= 0.3 is 17.9 Å². The van der Waals surface area contributed by atoms with Crippen LogP contribution in [-0.2, 0) is 28.6 Å². The van der Waals surface area contributed by atoms with Crippen molar-refractivity contribution in [3.05, 3.63) is 146 Å². The fourth-order valence-corrected chi connectivity index (χ4v) is 8.99. The summed E-state index contributed by atoms with van der Waals surface area (Å²) in [5.74, 6) is -0.938. The number of unbranched alkanes of at least 4 members (excludes halogenated alkanes) is 25. The lowest BCUT2D eigenvalue weighted by atomic mass is 10.1. The van der Waals surface area contributed by atoms with Crippen molar-refractivity contribution in [2.24, 2.45) is 0 Å². The molecule has 1 unspecified atom stereocenters. The molecule has 0 radical (unpaired) electrons. The lowest BCUT2D eigenvalue weighted by Gasteiger charge is -2.18. The Morgan fingerprint density at radius 3 is 0.780 bits per heavy atom. The van der Waals surface area contributed by atoms with Gasteiger partial charge in [-0.2, -0.15) is 0 Å². The van der Waals surface area contributed by atoms with Gasteiger partial charge < -0.3 is 14.2 Å². The van der Waals surface area contributed by atoms with Crippen LogP contribution in [0.3, 0.4) is 0 Å². The Morgan fingerprint density at radius 1 is 0.256 bits per heavy atom. The van der Waals surface area contributed by atoms with Crippen LogP contribution in [0.2, 0.25) is 0 Å². The molecule has 0 N–H and O–H groups in total. The molecule has 0 spiro atoms. The highest BCUT2D eigenvalue weighted by molar-refractivity contribution is 5.71. The van der Waals surface area contributed by atoms with Crippen molar-refractivity contribution >= 4 is 17.9 Å². The van der Waals surface area contributed by atoms with Crippen molar-refractivity contribution in [3.8, 4) is 0 Å². The van der Waals surface area contributed by atoms with E-state index in [0.29, 0.717) is 19.3 Å². The van der Waals surface area contributed by atoms with Gasteiger partial charge in [0.15, 0.2) is 6.10 Å². The molecule has 6 nitrogen and oxygen atoms in total. The number of ether oxygens (including phenoxy) is 3. The summed E-state index contributed by atoms with van der Waals surface area (Å²) < 4.78 is 16.9. The molecule has 464 valence electrons. The highest BCUT2D eigenvalue weighted by Gasteiger charge is 2.19. The van der Waals surface area contributed by atoms with Crippen molar-refractivity contribution in [2.75, 3.05) is 13.2 Å². The third-order valence-corrected chi connectivity index (χ3v) is 14.0. The summed E-state index contributed by atoms with van der Waals surface area (Å²) in [4.78, 5) is 38.3. The maximum absolute atomic E-state index is 12.9. The van der Waals surface area contributed by atoms with Crippen LogP contribution in [0.4, 0.5) is 0 Å². The SMILES string of the molecule is CC/C=C\C/C=C\C/C=C\C/C=C\C/C=C\C/C=C\C/C=C\C/C=C\CCCCCCC(=O)OCC(COC(=O)CCCCCCC/C=C\CCCCC)OC(=O)CCCCCCCCCC/C=C\C/C=C\C/C=C\CCCCCCC. The molecule has 0 heterocycles. The second kappa shape index (κ2) is 68.8. The lowest BCUT2D eigenvalue weighted by Crippen LogP contribution is -2.30. The average molecular weight is 1130 g/mol. The van der Waals surface area contributed by atoms with Crippen LogP contribution in [0.1, 0.15) is 297 Å². The Morgan fingerprint density at radius 2 is 0.476 bits per heavy atom. The van der Waals surface area contributed by atoms with Gasteiger partial charge in [0, 0.05) is 19.3 Å². The largest absolute Gasteiger partial charge is 0.462 e. The fourth-order valence-electron chi connectivity index (χ4n) is 8.99. The molecule has 0 aromatic carbocycles. The number of allylic oxidation sites excluding steroid dienone is 24. The minimum Gasteiger partial charge on any atom is -0.462 e. The molecule has 0 rings (SSSR count). The van der Waals surface area contributed by atoms with Gasteiger partial charge in [0.05, 0.1) is 0 Å². The van der Waals surface area contributed by atoms with E-state index in [1.54, 1.807) is 0 Å². The summed E-state index contributed by atoms with van der Waals surface area (Å²) >= 11 is 0. The molecule has 1 atom stereocenters. The van der Waals surface area contributed by atoms with Crippen molar-refractivity contribution < 1.29 is 28.6 Å². The maximum atomic E-state index is 12.9. The van der Waals surface area contributed by atoms with Crippen LogP contribution in [0.15, 0.2) is 146 Å². The van der Waals surface area contributed by atoms with Crippen molar-refractivity contribution in [3.63, 3.8) is 0 Å². The van der Waals surface area contributed by atoms with Gasteiger partial charge in [-0.05, 0) is 148 Å². The van der Waals surface area contributed by atoms with E-state index in [0.717, 1.165) is 154 Å². The maximum Gasteiger partial charge on any atom is 0.306 e. The second-order valence-corrected chi connectivity index (χ2v) is 22.0. The predicted octanol–water partition coefficient (Wildman–Crippen LogP) is 23.5. The predicted molar refractivity (Wildman–Crippen MR) is 357 cm³/mol. The molecular weight excluding hydrogens is 1010 g/mol. The molecule has 0 saturated heterocycles. The Balaban J connectivity index is 4.40. The first-order chi connectivity index (χ1) is 40.5. The molecule has 0 aliphatic carbocycles. The van der Waals surface area contributed by atoms with Crippen LogP contribution in [0.5, 0.6) is 0 Å². The van der Waals surface area contributed by atoms with Crippen LogP contribution < -0.4 is 0 Å². The molecule has 0 saturated carbocycles. The molecule has 0 bridgehead atoms. The first-order valence-electron chi connectivity index (χ1n) is 33.8. The van der Waals surface area contributed by atoms with E-state index in [2.05, 4.69) is 167 Å². The summed E-state index contributed by atoms with van der Waals surface area (Å²) in [5.41, 5.74) is 0. The number of hydrogen-bond acceptors (Lipinski definition) is 6. The third kappa shape index (κ3) is 66.1. The van der Waals surface area contributed by atoms with Crippen molar-refractivity contribution in [1.82, 2.24) is 0 Å². The smallest absolute Gasteiger partial charge is 0.306 e. The summed E-state index contributed by atoms with van der Waals surface area (Å²) in [6, 6.07) is 0. The molecule has 82 heavy (non-hydrogen) atoms. The average Bonchev–Trinajstić information content (AvgIpc) is 3.47. The monoisotopic (exact) mass is 1130 g/mol. The number of carbonyl (C=O) groups is 3. The fraction of sp³-hybridized carbons (Fsp3) is 0.645. The topological polar surface area (TPSA) is 78.9 Å². The number of carbonyl (C=O) groups excluding carboxylic acids is 3. The van der Waals surface area contributed by atoms with E-state index in [1.165, 1.54) is 103 Å². The highest BCUT2D eigenvalue weighted by Crippen LogP contribution is 2.15. The molecular formula is C76H124O6. The first-order valence-corrected chi connectivity index (χ1v) is 33.8. The summed E-state index contributed by atoms with van der Waals surface area (Å²) in [5, 5.41) is 0. The molecule has 0 aliphatic heterocycles. The molecule has 0 aliphatic rings. The van der Waals surface area contributed by atoms with Crippen molar-refractivity contribution in [2.45, 2.75) is 303 Å². The van der Waals surface area contributed by atoms with E-state index < -0.39 is 6.10 Å². The van der Waals surface area contributed by atoms with Crippen LogP contribution in [0, 0.1) is 0 Å². The highest BCUT2D eigenvalue weighted by atomic mass is 16.6. The van der Waals surface area contributed by atoms with Gasteiger partial charge in [-0.15, -0.1) is 0 Å². The Labute approximate surface area is 506 Å². The van der Waals surface area contributed by atoms with E-state index in [1.807, 2.05) is 0 Å². The molecule has 0 fully saturated rings. The van der Waals surface area contributed by atoms with E-state index in [9.17, 15) is 14.4 Å². The van der Waals surface area contributed by atoms with Crippen LogP contribution in [-0.4, -0.2) is 37.2 Å². The van der Waals surface area contributed by atoms with Gasteiger partial charge in [0.2, 0.25) is 0 Å². The third-order valence-electron chi connectivity index (χ3n) is 14.0. The number of esters is 3. The Hall–Kier alpha value is -4.71. The second-order valence-electron chi connectivity index (χ2n) is 22.0. The summed E-state index contributed by atoms with van der Waals surface area (Å²) in [7, 11) is 0. The van der Waals surface area contributed by atoms with E-state index >= 15 is 0 Å². The van der Waals surface area contributed by atoms with Crippen LogP contribution in [0.25, 0.3) is 0 Å². The lowest BCUT2D eigenvalue weighted by molar-refractivity contribution is -0.167. The van der Waals surface area contributed by atoms with Gasteiger partial charge in [-0.3, -0.25) is 14.4 Å². The standard InChI is InChI=1S/C76H124O6/c1-4-7-10-13-16-19-22-25-27-29-31-33-35-36-37-38-39-40-42-43-45-47-49-51-54-57-60-63-66-69-75(78)81-72-73(71-80-74(77)68-65-62-59-56-53-24-21-18-15-12-9-6-3)82-76(79)70-67-64-61-58-55-52-50-48-46-44-41-34-32-30-28-26-23-20-17-14-11-8-5-2/h7,10,16,18-19,21,23,25-27,30-33,36-37,39-41,43-45,49,51,73H,4-6,8-9,11-15,17,20,22,24,28-29,34-35,38,42,46-48,50,52-72H2,1-3H3/b10-7-,19-16-,21-18-,26-23-,27-25-,32-30-,33-31-,37-36-,40-39-,44-41-,45-43-,51-49-. The minimum absolute atomic E-state index is 0.0979. The van der Waals surface area contributed by atoms with Crippen molar-refractivity contribution in [1.29, 1.82) is 0 Å². The zero-order valence-electron chi connectivity index (χ0n) is 53.2. The summed E-state index contributed by atoms with van der Waals surface area (Å²) in [6.45, 7) is 6.46. The van der Waals surface area contributed by atoms with E-state index in [-0.39, 0.29) is 31.1 Å². The van der Waals surface area contributed by atoms with Gasteiger partial charge in [0.25, 0.3) is 0 Å². The normalized spacial score (nSPS) is 13.1. The molecule has 0 aromatic heterocycles. The zero-order chi connectivity index (χ0) is 59.2. The molecule has 0 aromatic rings. The first kappa shape index (κ1) is 77.3. The quantitative estimate of drug-likeness (QED) is 0.0261. The molecule has 6 heteroatoms. The molecule has 0 amide bonds. The van der Waals surface area contributed by atoms with Gasteiger partial charge in [-0.1, -0.05) is 276 Å². The Kier molecular flexibility index (Phi) is 64.8. The van der Waals surface area contributed by atoms with Crippen LogP contribution >= 0.6 is 0 Å². The van der Waals surface area contributed by atoms with E-state index in [4.69, 9.17) is 14.2 Å². The summed E-state index contributed by atoms with van der Waals surface area (Å²) in [6.07, 6.45) is 98.6.